The van der Waals surface area contributed by atoms with Gasteiger partial charge in [-0.1, -0.05) is 0 Å². The first-order valence-corrected chi connectivity index (χ1v) is 10.9. The fourth-order valence-corrected chi connectivity index (χ4v) is 4.29. The predicted molar refractivity (Wildman–Crippen MR) is 124 cm³/mol. The highest BCUT2D eigenvalue weighted by Crippen LogP contribution is 2.43. The summed E-state index contributed by atoms with van der Waals surface area (Å²) in [4.78, 5) is 0. The molecule has 33 heavy (non-hydrogen) atoms. The van der Waals surface area contributed by atoms with Crippen LogP contribution in [0.25, 0.3) is 0 Å². The van der Waals surface area contributed by atoms with E-state index in [4.69, 9.17) is 0 Å². The summed E-state index contributed by atoms with van der Waals surface area (Å²) in [7, 11) is 0. The Hall–Kier alpha value is -3.75. The van der Waals surface area contributed by atoms with Crippen molar-refractivity contribution < 1.29 is 15.3 Å². The average Bonchev–Trinajstić information content (AvgIpc) is 3.34. The van der Waals surface area contributed by atoms with Gasteiger partial charge in [0.05, 0.1) is 53.4 Å². The Morgan fingerprint density at radius 3 is 0.939 bits per heavy atom. The fraction of sp³-hybridized carbons (Fsp3) is 0.375. The molecule has 0 amide bonds. The van der Waals surface area contributed by atoms with Crippen molar-refractivity contribution in [3.63, 3.8) is 0 Å². The van der Waals surface area contributed by atoms with Crippen LogP contribution in [0.15, 0.2) is 18.2 Å². The lowest BCUT2D eigenvalue weighted by molar-refractivity contribution is 0.391. The van der Waals surface area contributed by atoms with Crippen molar-refractivity contribution >= 4 is 0 Å². The molecule has 3 N–H and O–H groups in total. The molecule has 3 heterocycles. The van der Waals surface area contributed by atoms with E-state index < -0.39 is 0 Å². The van der Waals surface area contributed by atoms with Gasteiger partial charge in [0, 0.05) is 17.1 Å². The molecule has 174 valence electrons. The fourth-order valence-electron chi connectivity index (χ4n) is 4.29. The van der Waals surface area contributed by atoms with Gasteiger partial charge in [0.2, 0.25) is 0 Å². The lowest BCUT2D eigenvalue weighted by Crippen LogP contribution is -2.12. The van der Waals surface area contributed by atoms with Crippen LogP contribution in [0.1, 0.15) is 50.9 Å². The molecule has 3 aromatic heterocycles. The van der Waals surface area contributed by atoms with Crippen LogP contribution in [0.4, 0.5) is 0 Å². The number of aryl methyl sites for hydroxylation is 6. The number of hydrogen-bond acceptors (Lipinski definition) is 6. The molecule has 0 radical (unpaired) electrons. The molecule has 0 fully saturated rings. The Morgan fingerprint density at radius 1 is 0.515 bits per heavy atom. The van der Waals surface area contributed by atoms with E-state index >= 15 is 0 Å². The topological polar surface area (TPSA) is 114 Å². The lowest BCUT2D eigenvalue weighted by Gasteiger charge is -2.20. The largest absolute Gasteiger partial charge is 0.507 e. The third kappa shape index (κ3) is 4.18. The Kier molecular flexibility index (Phi) is 5.65. The van der Waals surface area contributed by atoms with Crippen molar-refractivity contribution in [2.75, 3.05) is 0 Å². The van der Waals surface area contributed by atoms with Gasteiger partial charge in [-0.3, -0.25) is 14.0 Å². The Bertz CT molecular complexity index is 1160. The van der Waals surface area contributed by atoms with E-state index in [2.05, 4.69) is 15.3 Å². The van der Waals surface area contributed by atoms with Crippen molar-refractivity contribution in [2.24, 2.45) is 0 Å². The standard InChI is InChI=1S/C24H30N6O3/c1-13-7-16(4)28(25-13)10-19-22(31)20(11-29-17(5)8-14(2)26-29)24(33)21(23(19)32)12-30-18(6)9-15(3)27-30/h7-9,31-33H,10-12H2,1-6H3. The highest BCUT2D eigenvalue weighted by Gasteiger charge is 2.26. The molecular formula is C24H30N6O3. The highest BCUT2D eigenvalue weighted by molar-refractivity contribution is 5.61. The highest BCUT2D eigenvalue weighted by atomic mass is 16.3. The maximum absolute atomic E-state index is 11.2. The van der Waals surface area contributed by atoms with Crippen molar-refractivity contribution in [1.82, 2.24) is 29.3 Å². The summed E-state index contributed by atoms with van der Waals surface area (Å²) in [5, 5.41) is 47.0. The van der Waals surface area contributed by atoms with Crippen molar-refractivity contribution in [3.05, 3.63) is 69.1 Å². The number of hydrogen-bond donors (Lipinski definition) is 3. The molecule has 0 bridgehead atoms. The van der Waals surface area contributed by atoms with E-state index in [1.807, 2.05) is 59.7 Å². The minimum atomic E-state index is -0.165. The second-order valence-electron chi connectivity index (χ2n) is 8.74. The van der Waals surface area contributed by atoms with Crippen LogP contribution in [-0.2, 0) is 19.6 Å². The van der Waals surface area contributed by atoms with Gasteiger partial charge in [-0.25, -0.2) is 0 Å². The molecule has 0 saturated heterocycles. The van der Waals surface area contributed by atoms with Crippen LogP contribution in [0.3, 0.4) is 0 Å². The van der Waals surface area contributed by atoms with Gasteiger partial charge >= 0.3 is 0 Å². The van der Waals surface area contributed by atoms with Crippen molar-refractivity contribution in [1.29, 1.82) is 0 Å². The SMILES string of the molecule is Cc1cc(C)n(Cc2c(O)c(Cn3nc(C)cc3C)c(O)c(Cn3nc(C)cc3C)c2O)n1. The van der Waals surface area contributed by atoms with Gasteiger partial charge in [0.1, 0.15) is 17.2 Å². The van der Waals surface area contributed by atoms with E-state index in [0.717, 1.165) is 34.2 Å². The predicted octanol–water partition coefficient (Wildman–Crippen LogP) is 3.39. The van der Waals surface area contributed by atoms with E-state index in [-0.39, 0.29) is 36.9 Å². The van der Waals surface area contributed by atoms with Crippen LogP contribution in [0.5, 0.6) is 17.2 Å². The monoisotopic (exact) mass is 450 g/mol. The number of phenolic OH excluding ortho intramolecular Hbond substituents is 3. The van der Waals surface area contributed by atoms with Gasteiger partial charge in [0.15, 0.2) is 0 Å². The number of aromatic hydroxyl groups is 3. The number of aromatic nitrogens is 6. The molecular weight excluding hydrogens is 420 g/mol. The molecule has 4 rings (SSSR count). The first kappa shape index (κ1) is 22.4. The second kappa shape index (κ2) is 8.31. The molecule has 9 nitrogen and oxygen atoms in total. The van der Waals surface area contributed by atoms with Crippen LogP contribution in [0.2, 0.25) is 0 Å². The van der Waals surface area contributed by atoms with Crippen molar-refractivity contribution in [3.8, 4) is 17.2 Å². The van der Waals surface area contributed by atoms with E-state index in [1.54, 1.807) is 14.0 Å². The number of rotatable bonds is 6. The minimum absolute atomic E-state index is 0.159. The summed E-state index contributed by atoms with van der Waals surface area (Å²) in [6.45, 7) is 11.9. The van der Waals surface area contributed by atoms with Gasteiger partial charge in [-0.15, -0.1) is 0 Å². The van der Waals surface area contributed by atoms with Crippen LogP contribution in [-0.4, -0.2) is 44.7 Å². The first-order valence-electron chi connectivity index (χ1n) is 10.9. The Labute approximate surface area is 192 Å². The van der Waals surface area contributed by atoms with Gasteiger partial charge in [0.25, 0.3) is 0 Å². The van der Waals surface area contributed by atoms with Gasteiger partial charge < -0.3 is 15.3 Å². The summed E-state index contributed by atoms with van der Waals surface area (Å²) < 4.78 is 5.17. The molecule has 1 aromatic carbocycles. The number of benzene rings is 1. The summed E-state index contributed by atoms with van der Waals surface area (Å²) in [6.07, 6.45) is 0. The summed E-state index contributed by atoms with van der Waals surface area (Å²) in [6, 6.07) is 5.80. The zero-order valence-electron chi connectivity index (χ0n) is 19.9. The summed E-state index contributed by atoms with van der Waals surface area (Å²) in [5.41, 5.74) is 6.13. The molecule has 0 unspecified atom stereocenters. The van der Waals surface area contributed by atoms with Crippen LogP contribution in [0, 0.1) is 41.5 Å². The molecule has 0 atom stereocenters. The average molecular weight is 451 g/mol. The van der Waals surface area contributed by atoms with E-state index in [9.17, 15) is 15.3 Å². The Morgan fingerprint density at radius 2 is 0.758 bits per heavy atom. The third-order valence-corrected chi connectivity index (χ3v) is 5.95. The van der Waals surface area contributed by atoms with Crippen LogP contribution >= 0.6 is 0 Å². The maximum atomic E-state index is 11.2. The smallest absolute Gasteiger partial charge is 0.133 e. The number of nitrogens with zero attached hydrogens (tertiary/aromatic N) is 6. The molecule has 9 heteroatoms. The van der Waals surface area contributed by atoms with Gasteiger partial charge in [-0.05, 0) is 59.7 Å². The van der Waals surface area contributed by atoms with E-state index in [1.165, 1.54) is 0 Å². The summed E-state index contributed by atoms with van der Waals surface area (Å²) in [5.74, 6) is -0.494. The summed E-state index contributed by atoms with van der Waals surface area (Å²) >= 11 is 0. The Balaban J connectivity index is 1.88. The quantitative estimate of drug-likeness (QED) is 0.415. The van der Waals surface area contributed by atoms with Gasteiger partial charge in [-0.2, -0.15) is 15.3 Å². The molecule has 4 aromatic rings. The third-order valence-electron chi connectivity index (χ3n) is 5.95. The lowest BCUT2D eigenvalue weighted by atomic mass is 9.99. The van der Waals surface area contributed by atoms with Crippen LogP contribution < -0.4 is 0 Å². The molecule has 0 aliphatic rings. The first-order chi connectivity index (χ1) is 15.5. The minimum Gasteiger partial charge on any atom is -0.507 e. The second-order valence-corrected chi connectivity index (χ2v) is 8.74. The maximum Gasteiger partial charge on any atom is 0.133 e. The normalized spacial score (nSPS) is 11.5. The van der Waals surface area contributed by atoms with Crippen molar-refractivity contribution in [2.45, 2.75) is 61.2 Å². The zero-order chi connectivity index (χ0) is 24.0. The molecule has 0 aliphatic heterocycles. The zero-order valence-corrected chi connectivity index (χ0v) is 19.9. The molecule has 0 spiro atoms. The molecule has 0 saturated carbocycles. The number of phenols is 3. The molecule has 0 aliphatic carbocycles. The van der Waals surface area contributed by atoms with E-state index in [0.29, 0.717) is 16.7 Å².